The SMILES string of the molecule is N[C@@H](CCO)c1cc(Br)cc(Br)c1. The lowest BCUT2D eigenvalue weighted by molar-refractivity contribution is 0.276. The highest BCUT2D eigenvalue weighted by Crippen LogP contribution is 2.24. The van der Waals surface area contributed by atoms with Crippen molar-refractivity contribution in [3.05, 3.63) is 32.7 Å². The molecule has 72 valence electrons. The molecule has 0 fully saturated rings. The second-order valence-electron chi connectivity index (χ2n) is 2.82. The van der Waals surface area contributed by atoms with E-state index in [2.05, 4.69) is 31.9 Å². The lowest BCUT2D eigenvalue weighted by Crippen LogP contribution is -2.11. The minimum Gasteiger partial charge on any atom is -0.396 e. The number of benzene rings is 1. The van der Waals surface area contributed by atoms with E-state index >= 15 is 0 Å². The third kappa shape index (κ3) is 3.38. The van der Waals surface area contributed by atoms with Crippen molar-refractivity contribution in [2.45, 2.75) is 12.5 Å². The number of rotatable bonds is 3. The van der Waals surface area contributed by atoms with Crippen LogP contribution < -0.4 is 5.73 Å². The van der Waals surface area contributed by atoms with E-state index in [9.17, 15) is 0 Å². The van der Waals surface area contributed by atoms with Crippen LogP contribution in [0.1, 0.15) is 18.0 Å². The smallest absolute Gasteiger partial charge is 0.0449 e. The summed E-state index contributed by atoms with van der Waals surface area (Å²) in [5.41, 5.74) is 6.87. The molecule has 1 aromatic rings. The largest absolute Gasteiger partial charge is 0.396 e. The van der Waals surface area contributed by atoms with Crippen molar-refractivity contribution in [3.63, 3.8) is 0 Å². The Morgan fingerprint density at radius 2 is 1.77 bits per heavy atom. The highest BCUT2D eigenvalue weighted by molar-refractivity contribution is 9.11. The molecule has 0 heterocycles. The predicted octanol–water partition coefficient (Wildman–Crippen LogP) is 2.59. The summed E-state index contributed by atoms with van der Waals surface area (Å²) in [7, 11) is 0. The van der Waals surface area contributed by atoms with Gasteiger partial charge in [-0.05, 0) is 30.2 Å². The molecule has 0 unspecified atom stereocenters. The fraction of sp³-hybridized carbons (Fsp3) is 0.333. The van der Waals surface area contributed by atoms with Gasteiger partial charge in [-0.1, -0.05) is 31.9 Å². The van der Waals surface area contributed by atoms with Crippen LogP contribution in [-0.4, -0.2) is 11.7 Å². The Balaban J connectivity index is 2.87. The zero-order valence-electron chi connectivity index (χ0n) is 7.00. The third-order valence-electron chi connectivity index (χ3n) is 1.75. The van der Waals surface area contributed by atoms with Crippen LogP contribution in [0, 0.1) is 0 Å². The average Bonchev–Trinajstić information content (AvgIpc) is 2.03. The molecule has 0 bridgehead atoms. The standard InChI is InChI=1S/C9H11Br2NO/c10-7-3-6(4-8(11)5-7)9(12)1-2-13/h3-5,9,13H,1-2,12H2/t9-/m0/s1. The summed E-state index contributed by atoms with van der Waals surface area (Å²) in [6.07, 6.45) is 0.586. The topological polar surface area (TPSA) is 46.2 Å². The Bertz CT molecular complexity index is 271. The minimum absolute atomic E-state index is 0.0983. The van der Waals surface area contributed by atoms with Crippen LogP contribution in [0.5, 0.6) is 0 Å². The van der Waals surface area contributed by atoms with Gasteiger partial charge >= 0.3 is 0 Å². The summed E-state index contributed by atoms with van der Waals surface area (Å²) in [6, 6.07) is 5.78. The zero-order valence-corrected chi connectivity index (χ0v) is 10.2. The van der Waals surface area contributed by atoms with Crippen molar-refractivity contribution >= 4 is 31.9 Å². The normalized spacial score (nSPS) is 12.9. The predicted molar refractivity (Wildman–Crippen MR) is 60.5 cm³/mol. The molecular formula is C9H11Br2NO. The monoisotopic (exact) mass is 307 g/mol. The maximum absolute atomic E-state index is 8.73. The summed E-state index contributed by atoms with van der Waals surface area (Å²) in [6.45, 7) is 0.116. The first-order valence-corrected chi connectivity index (χ1v) is 5.54. The lowest BCUT2D eigenvalue weighted by atomic mass is 10.1. The van der Waals surface area contributed by atoms with Crippen LogP contribution in [0.25, 0.3) is 0 Å². The van der Waals surface area contributed by atoms with Gasteiger partial charge in [0.1, 0.15) is 0 Å². The summed E-state index contributed by atoms with van der Waals surface area (Å²) in [5, 5.41) is 8.73. The van der Waals surface area contributed by atoms with E-state index in [1.807, 2.05) is 18.2 Å². The van der Waals surface area contributed by atoms with E-state index in [4.69, 9.17) is 10.8 Å². The minimum atomic E-state index is -0.0983. The molecule has 1 aromatic carbocycles. The molecule has 13 heavy (non-hydrogen) atoms. The first kappa shape index (κ1) is 11.2. The van der Waals surface area contributed by atoms with Gasteiger partial charge in [0, 0.05) is 21.6 Å². The van der Waals surface area contributed by atoms with Crippen molar-refractivity contribution in [1.29, 1.82) is 0 Å². The van der Waals surface area contributed by atoms with Gasteiger partial charge in [0.25, 0.3) is 0 Å². The number of hydrogen-bond acceptors (Lipinski definition) is 2. The van der Waals surface area contributed by atoms with E-state index < -0.39 is 0 Å². The van der Waals surface area contributed by atoms with Crippen molar-refractivity contribution < 1.29 is 5.11 Å². The molecule has 1 atom stereocenters. The Hall–Kier alpha value is 0.1000. The van der Waals surface area contributed by atoms with Crippen molar-refractivity contribution in [2.75, 3.05) is 6.61 Å². The lowest BCUT2D eigenvalue weighted by Gasteiger charge is -2.11. The van der Waals surface area contributed by atoms with E-state index in [1.165, 1.54) is 0 Å². The first-order valence-electron chi connectivity index (χ1n) is 3.96. The van der Waals surface area contributed by atoms with E-state index in [0.717, 1.165) is 14.5 Å². The van der Waals surface area contributed by atoms with Gasteiger partial charge in [0.05, 0.1) is 0 Å². The molecule has 0 amide bonds. The summed E-state index contributed by atoms with van der Waals surface area (Å²) in [4.78, 5) is 0. The molecule has 0 aliphatic rings. The van der Waals surface area contributed by atoms with Gasteiger partial charge in [-0.15, -0.1) is 0 Å². The van der Waals surface area contributed by atoms with Gasteiger partial charge in [-0.2, -0.15) is 0 Å². The molecule has 0 spiro atoms. The number of nitrogens with two attached hydrogens (primary N) is 1. The fourth-order valence-electron chi connectivity index (χ4n) is 1.09. The van der Waals surface area contributed by atoms with Crippen LogP contribution in [0.2, 0.25) is 0 Å². The number of aliphatic hydroxyl groups excluding tert-OH is 1. The maximum atomic E-state index is 8.73. The molecule has 2 nitrogen and oxygen atoms in total. The van der Waals surface area contributed by atoms with Crippen molar-refractivity contribution in [3.8, 4) is 0 Å². The van der Waals surface area contributed by atoms with Crippen LogP contribution in [0.15, 0.2) is 27.1 Å². The molecular weight excluding hydrogens is 298 g/mol. The molecule has 4 heteroatoms. The van der Waals surface area contributed by atoms with Crippen molar-refractivity contribution in [1.82, 2.24) is 0 Å². The molecule has 0 aliphatic carbocycles. The van der Waals surface area contributed by atoms with Gasteiger partial charge in [0.2, 0.25) is 0 Å². The molecule has 0 saturated carbocycles. The van der Waals surface area contributed by atoms with E-state index in [0.29, 0.717) is 6.42 Å². The molecule has 3 N–H and O–H groups in total. The van der Waals surface area contributed by atoms with E-state index in [1.54, 1.807) is 0 Å². The summed E-state index contributed by atoms with van der Waals surface area (Å²) < 4.78 is 1.98. The third-order valence-corrected chi connectivity index (χ3v) is 2.67. The van der Waals surface area contributed by atoms with Gasteiger partial charge in [-0.25, -0.2) is 0 Å². The quantitative estimate of drug-likeness (QED) is 0.901. The number of aliphatic hydroxyl groups is 1. The summed E-state index contributed by atoms with van der Waals surface area (Å²) in [5.74, 6) is 0. The molecule has 1 rings (SSSR count). The van der Waals surface area contributed by atoms with Crippen LogP contribution in [0.3, 0.4) is 0 Å². The molecule has 0 aliphatic heterocycles. The van der Waals surface area contributed by atoms with Gasteiger partial charge < -0.3 is 10.8 Å². The Labute approximate surface area is 94.4 Å². The first-order chi connectivity index (χ1) is 6.13. The molecule has 0 radical (unpaired) electrons. The molecule has 0 aromatic heterocycles. The van der Waals surface area contributed by atoms with Crippen molar-refractivity contribution in [2.24, 2.45) is 5.73 Å². The highest BCUT2D eigenvalue weighted by Gasteiger charge is 2.06. The Morgan fingerprint density at radius 1 is 1.23 bits per heavy atom. The van der Waals surface area contributed by atoms with Crippen LogP contribution in [0.4, 0.5) is 0 Å². The summed E-state index contributed by atoms with van der Waals surface area (Å²) >= 11 is 6.77. The van der Waals surface area contributed by atoms with Crippen LogP contribution in [-0.2, 0) is 0 Å². The second kappa shape index (κ2) is 5.10. The maximum Gasteiger partial charge on any atom is 0.0449 e. The van der Waals surface area contributed by atoms with E-state index in [-0.39, 0.29) is 12.6 Å². The molecule has 0 saturated heterocycles. The van der Waals surface area contributed by atoms with Gasteiger partial charge in [0.15, 0.2) is 0 Å². The highest BCUT2D eigenvalue weighted by atomic mass is 79.9. The fourth-order valence-corrected chi connectivity index (χ4v) is 2.42. The second-order valence-corrected chi connectivity index (χ2v) is 4.65. The average molecular weight is 309 g/mol. The zero-order chi connectivity index (χ0) is 9.84. The van der Waals surface area contributed by atoms with Crippen LogP contribution >= 0.6 is 31.9 Å². The number of halogens is 2. The number of hydrogen-bond donors (Lipinski definition) is 2. The van der Waals surface area contributed by atoms with Gasteiger partial charge in [-0.3, -0.25) is 0 Å². The Kier molecular flexibility index (Phi) is 4.38. The Morgan fingerprint density at radius 3 is 2.23 bits per heavy atom.